The molecule has 5 nitrogen and oxygen atoms in total. The smallest absolute Gasteiger partial charge is 0.236 e. The van der Waals surface area contributed by atoms with E-state index in [1.54, 1.807) is 30.3 Å². The van der Waals surface area contributed by atoms with E-state index in [1.807, 2.05) is 0 Å². The predicted molar refractivity (Wildman–Crippen MR) is 80.1 cm³/mol. The van der Waals surface area contributed by atoms with Crippen LogP contribution in [0.3, 0.4) is 0 Å². The second-order valence-corrected chi connectivity index (χ2v) is 6.17. The van der Waals surface area contributed by atoms with Crippen LogP contribution in [-0.2, 0) is 15.8 Å². The molecule has 0 heterocycles. The van der Waals surface area contributed by atoms with Gasteiger partial charge in [-0.1, -0.05) is 30.3 Å². The normalized spacial score (nSPS) is 11.1. The maximum Gasteiger partial charge on any atom is 0.236 e. The van der Waals surface area contributed by atoms with Crippen molar-refractivity contribution in [2.45, 2.75) is 5.75 Å². The molecule has 7 heteroatoms. The van der Waals surface area contributed by atoms with Crippen LogP contribution in [0.2, 0.25) is 0 Å². The van der Waals surface area contributed by atoms with E-state index in [1.165, 1.54) is 6.07 Å². The van der Waals surface area contributed by atoms with E-state index >= 15 is 0 Å². The first kappa shape index (κ1) is 15.0. The zero-order valence-corrected chi connectivity index (χ0v) is 11.8. The summed E-state index contributed by atoms with van der Waals surface area (Å²) >= 11 is 0. The number of nitrogens with one attached hydrogen (secondary N) is 2. The largest absolute Gasteiger partial charge is 0.384 e. The molecule has 0 saturated heterocycles. The van der Waals surface area contributed by atoms with E-state index in [2.05, 4.69) is 4.72 Å². The Balaban J connectivity index is 2.27. The van der Waals surface area contributed by atoms with Gasteiger partial charge in [-0.05, 0) is 23.8 Å². The molecule has 0 aliphatic heterocycles. The lowest BCUT2D eigenvalue weighted by atomic mass is 10.1. The molecule has 21 heavy (non-hydrogen) atoms. The highest BCUT2D eigenvalue weighted by Crippen LogP contribution is 2.19. The highest BCUT2D eigenvalue weighted by atomic mass is 32.2. The summed E-state index contributed by atoms with van der Waals surface area (Å²) < 4.78 is 39.7. The number of nitrogens with two attached hydrogens (primary N) is 1. The maximum absolute atomic E-state index is 13.2. The highest BCUT2D eigenvalue weighted by molar-refractivity contribution is 7.91. The molecule has 0 spiro atoms. The van der Waals surface area contributed by atoms with Crippen LogP contribution in [-0.4, -0.2) is 14.3 Å². The fourth-order valence-electron chi connectivity index (χ4n) is 1.83. The third-order valence-corrected chi connectivity index (χ3v) is 3.98. The predicted octanol–water partition coefficient (Wildman–Crippen LogP) is 2.05. The van der Waals surface area contributed by atoms with Gasteiger partial charge >= 0.3 is 0 Å². The molecule has 0 radical (unpaired) electrons. The molecule has 0 saturated carbocycles. The van der Waals surface area contributed by atoms with E-state index in [-0.39, 0.29) is 17.0 Å². The van der Waals surface area contributed by atoms with Gasteiger partial charge in [0.2, 0.25) is 10.0 Å². The number of nitrogen functional groups attached to an aromatic ring is 1. The molecule has 0 aliphatic rings. The Morgan fingerprint density at radius 2 is 1.86 bits per heavy atom. The summed E-state index contributed by atoms with van der Waals surface area (Å²) in [4.78, 5) is 0. The standard InChI is InChI=1S/C14H14FN3O2S/c15-11-6-7-13(12(8-11)14(16)17)18-21(19,20)9-10-4-2-1-3-5-10/h1-8,18H,9H2,(H3,16,17). The van der Waals surface area contributed by atoms with Crippen LogP contribution >= 0.6 is 0 Å². The summed E-state index contributed by atoms with van der Waals surface area (Å²) in [5.41, 5.74) is 6.05. The minimum Gasteiger partial charge on any atom is -0.384 e. The van der Waals surface area contributed by atoms with Crippen LogP contribution in [0.4, 0.5) is 10.1 Å². The second-order valence-electron chi connectivity index (χ2n) is 4.45. The van der Waals surface area contributed by atoms with Crippen molar-refractivity contribution in [2.24, 2.45) is 5.73 Å². The molecule has 0 amide bonds. The van der Waals surface area contributed by atoms with Crippen molar-refractivity contribution in [3.63, 3.8) is 0 Å². The summed E-state index contributed by atoms with van der Waals surface area (Å²) in [5.74, 6) is -1.22. The Bertz CT molecular complexity index is 761. The first-order valence-electron chi connectivity index (χ1n) is 6.06. The Hall–Kier alpha value is -2.41. The van der Waals surface area contributed by atoms with E-state index < -0.39 is 21.7 Å². The Kier molecular flexibility index (Phi) is 4.23. The summed E-state index contributed by atoms with van der Waals surface area (Å²) in [6.07, 6.45) is 0. The first-order chi connectivity index (χ1) is 9.87. The number of benzene rings is 2. The van der Waals surface area contributed by atoms with Crippen LogP contribution in [0.5, 0.6) is 0 Å². The van der Waals surface area contributed by atoms with Gasteiger partial charge in [-0.3, -0.25) is 10.1 Å². The molecule has 0 unspecified atom stereocenters. The van der Waals surface area contributed by atoms with Gasteiger partial charge in [-0.15, -0.1) is 0 Å². The van der Waals surface area contributed by atoms with Crippen molar-refractivity contribution in [2.75, 3.05) is 4.72 Å². The van der Waals surface area contributed by atoms with Gasteiger partial charge in [0.15, 0.2) is 0 Å². The number of amidine groups is 1. The third kappa shape index (κ3) is 4.03. The molecule has 110 valence electrons. The molecule has 0 fully saturated rings. The number of anilines is 1. The zero-order chi connectivity index (χ0) is 15.5. The van der Waals surface area contributed by atoms with E-state index in [9.17, 15) is 12.8 Å². The van der Waals surface area contributed by atoms with Gasteiger partial charge in [0.05, 0.1) is 11.4 Å². The van der Waals surface area contributed by atoms with Gasteiger partial charge in [-0.2, -0.15) is 0 Å². The Morgan fingerprint density at radius 3 is 2.48 bits per heavy atom. The summed E-state index contributed by atoms with van der Waals surface area (Å²) in [5, 5.41) is 7.38. The van der Waals surface area contributed by atoms with Crippen molar-refractivity contribution in [1.29, 1.82) is 5.41 Å². The van der Waals surface area contributed by atoms with Crippen LogP contribution in [0.1, 0.15) is 11.1 Å². The van der Waals surface area contributed by atoms with Crippen LogP contribution < -0.4 is 10.5 Å². The number of hydrogen-bond acceptors (Lipinski definition) is 3. The maximum atomic E-state index is 13.2. The Labute approximate surface area is 122 Å². The fourth-order valence-corrected chi connectivity index (χ4v) is 3.04. The minimum absolute atomic E-state index is 0.00615. The fraction of sp³-hybridized carbons (Fsp3) is 0.0714. The van der Waals surface area contributed by atoms with Gasteiger partial charge in [0, 0.05) is 5.56 Å². The average molecular weight is 307 g/mol. The number of halogens is 1. The van der Waals surface area contributed by atoms with Crippen molar-refractivity contribution < 1.29 is 12.8 Å². The van der Waals surface area contributed by atoms with Crippen molar-refractivity contribution in [3.8, 4) is 0 Å². The molecule has 2 aromatic rings. The average Bonchev–Trinajstić information content (AvgIpc) is 2.41. The molecule has 0 bridgehead atoms. The second kappa shape index (κ2) is 5.92. The molecular weight excluding hydrogens is 293 g/mol. The van der Waals surface area contributed by atoms with E-state index in [0.717, 1.165) is 12.1 Å². The number of sulfonamides is 1. The highest BCUT2D eigenvalue weighted by Gasteiger charge is 2.15. The summed E-state index contributed by atoms with van der Waals surface area (Å²) in [6, 6.07) is 12.0. The van der Waals surface area contributed by atoms with Gasteiger partial charge in [0.25, 0.3) is 0 Å². The molecular formula is C14H14FN3O2S. The van der Waals surface area contributed by atoms with Crippen molar-refractivity contribution in [1.82, 2.24) is 0 Å². The lowest BCUT2D eigenvalue weighted by Crippen LogP contribution is -2.20. The molecule has 0 atom stereocenters. The topological polar surface area (TPSA) is 96.0 Å². The lowest BCUT2D eigenvalue weighted by molar-refractivity contribution is 0.600. The molecule has 0 aliphatic carbocycles. The molecule has 2 aromatic carbocycles. The van der Waals surface area contributed by atoms with Crippen LogP contribution in [0, 0.1) is 11.2 Å². The van der Waals surface area contributed by atoms with Gasteiger partial charge in [0.1, 0.15) is 11.7 Å². The summed E-state index contributed by atoms with van der Waals surface area (Å²) in [7, 11) is -3.68. The number of rotatable bonds is 5. The van der Waals surface area contributed by atoms with Gasteiger partial charge < -0.3 is 5.73 Å². The molecule has 2 rings (SSSR count). The quantitative estimate of drug-likeness (QED) is 0.582. The van der Waals surface area contributed by atoms with Crippen molar-refractivity contribution in [3.05, 3.63) is 65.5 Å². The summed E-state index contributed by atoms with van der Waals surface area (Å²) in [6.45, 7) is 0. The van der Waals surface area contributed by atoms with Crippen molar-refractivity contribution >= 4 is 21.5 Å². The number of hydrogen-bond donors (Lipinski definition) is 3. The zero-order valence-electron chi connectivity index (χ0n) is 11.0. The van der Waals surface area contributed by atoms with Gasteiger partial charge in [-0.25, -0.2) is 12.8 Å². The molecule has 4 N–H and O–H groups in total. The van der Waals surface area contributed by atoms with Crippen LogP contribution in [0.15, 0.2) is 48.5 Å². The molecule has 0 aromatic heterocycles. The van der Waals surface area contributed by atoms with E-state index in [4.69, 9.17) is 11.1 Å². The SMILES string of the molecule is N=C(N)c1cc(F)ccc1NS(=O)(=O)Cc1ccccc1. The third-order valence-electron chi connectivity index (χ3n) is 2.74. The van der Waals surface area contributed by atoms with Crippen LogP contribution in [0.25, 0.3) is 0 Å². The lowest BCUT2D eigenvalue weighted by Gasteiger charge is -2.12. The first-order valence-corrected chi connectivity index (χ1v) is 7.71. The Morgan fingerprint density at radius 1 is 1.19 bits per heavy atom. The van der Waals surface area contributed by atoms with E-state index in [0.29, 0.717) is 5.56 Å². The minimum atomic E-state index is -3.68. The monoisotopic (exact) mass is 307 g/mol.